The maximum absolute atomic E-state index is 13.9. The van der Waals surface area contributed by atoms with Crippen molar-refractivity contribution in [3.8, 4) is 10.4 Å². The van der Waals surface area contributed by atoms with Crippen LogP contribution in [0.4, 0.5) is 30.7 Å². The normalized spacial score (nSPS) is 14.6. The molecule has 138 valence electrons. The van der Waals surface area contributed by atoms with Crippen molar-refractivity contribution < 1.29 is 34.9 Å². The monoisotopic (exact) mass is 532 g/mol. The van der Waals surface area contributed by atoms with Crippen molar-refractivity contribution >= 4 is 54.0 Å². The molecule has 0 amide bonds. The topological polar surface area (TPSA) is 17.1 Å². The van der Waals surface area contributed by atoms with Gasteiger partial charge in [0, 0.05) is 19.4 Å². The number of thiophene rings is 1. The van der Waals surface area contributed by atoms with Gasteiger partial charge < -0.3 is 0 Å². The number of benzene rings is 1. The largest absolute Gasteiger partial charge is 0.461 e. The van der Waals surface area contributed by atoms with E-state index in [1.807, 2.05) is 0 Å². The van der Waals surface area contributed by atoms with Gasteiger partial charge in [0.05, 0.1) is 4.90 Å². The number of halogens is 9. The van der Waals surface area contributed by atoms with E-state index in [0.717, 1.165) is 17.4 Å². The molecule has 0 N–H and O–H groups in total. The van der Waals surface area contributed by atoms with Crippen LogP contribution in [0.1, 0.15) is 0 Å². The number of hydrogen-bond acceptors (Lipinski definition) is 2. The van der Waals surface area contributed by atoms with Crippen molar-refractivity contribution in [2.75, 3.05) is 0 Å². The lowest BCUT2D eigenvalue weighted by Crippen LogP contribution is -2.54. The minimum Gasteiger partial charge on any atom is -0.248 e. The SMILES string of the molecule is O=S(c1cc(Br)cc(Br)c1-c1cccs1)C(F)(F)C(F)(F)C(F)(F)F. The van der Waals surface area contributed by atoms with Gasteiger partial charge in [-0.25, -0.2) is 4.21 Å². The highest BCUT2D eigenvalue weighted by Crippen LogP contribution is 2.51. The quantitative estimate of drug-likeness (QED) is 0.393. The van der Waals surface area contributed by atoms with Gasteiger partial charge in [0.25, 0.3) is 0 Å². The van der Waals surface area contributed by atoms with Gasteiger partial charge in [-0.05, 0) is 23.6 Å². The van der Waals surface area contributed by atoms with Crippen molar-refractivity contribution in [2.24, 2.45) is 0 Å². The van der Waals surface area contributed by atoms with Crippen LogP contribution >= 0.6 is 43.2 Å². The number of alkyl halides is 7. The van der Waals surface area contributed by atoms with Crippen molar-refractivity contribution in [3.05, 3.63) is 38.6 Å². The summed E-state index contributed by atoms with van der Waals surface area (Å²) in [6, 6.07) is 5.15. The minimum atomic E-state index is -6.56. The van der Waals surface area contributed by atoms with Crippen molar-refractivity contribution in [2.45, 2.75) is 22.2 Å². The zero-order valence-corrected chi connectivity index (χ0v) is 16.3. The smallest absolute Gasteiger partial charge is 0.248 e. The Morgan fingerprint density at radius 3 is 2.08 bits per heavy atom. The van der Waals surface area contributed by atoms with E-state index in [-0.39, 0.29) is 19.4 Å². The molecule has 0 radical (unpaired) electrons. The molecule has 0 bridgehead atoms. The van der Waals surface area contributed by atoms with Gasteiger partial charge in [-0.3, -0.25) is 0 Å². The molecule has 0 fully saturated rings. The summed E-state index contributed by atoms with van der Waals surface area (Å²) in [5.41, 5.74) is -0.144. The first-order chi connectivity index (χ1) is 11.3. The van der Waals surface area contributed by atoms with Crippen LogP contribution in [-0.2, 0) is 10.8 Å². The zero-order valence-electron chi connectivity index (χ0n) is 11.5. The second-order valence-corrected chi connectivity index (χ2v) is 8.80. The van der Waals surface area contributed by atoms with Gasteiger partial charge in [0.2, 0.25) is 0 Å². The first-order valence-electron chi connectivity index (χ1n) is 6.08. The molecular formula is C13H5Br2F7OS2. The lowest BCUT2D eigenvalue weighted by atomic mass is 10.2. The lowest BCUT2D eigenvalue weighted by molar-refractivity contribution is -0.331. The average molecular weight is 534 g/mol. The zero-order chi connectivity index (χ0) is 19.2. The van der Waals surface area contributed by atoms with Crippen LogP contribution in [0, 0.1) is 0 Å². The van der Waals surface area contributed by atoms with Crippen molar-refractivity contribution in [1.82, 2.24) is 0 Å². The first-order valence-corrected chi connectivity index (χ1v) is 9.69. The molecule has 1 nitrogen and oxygen atoms in total. The molecular weight excluding hydrogens is 529 g/mol. The molecule has 2 rings (SSSR count). The van der Waals surface area contributed by atoms with E-state index in [2.05, 4.69) is 31.9 Å². The van der Waals surface area contributed by atoms with E-state index in [4.69, 9.17) is 0 Å². The highest BCUT2D eigenvalue weighted by atomic mass is 79.9. The average Bonchev–Trinajstić information content (AvgIpc) is 2.97. The third-order valence-electron chi connectivity index (χ3n) is 2.94. The maximum atomic E-state index is 13.9. The standard InChI is InChI=1S/C13H5Br2F7OS2/c14-6-4-7(15)10(8-2-1-3-24-8)9(5-6)25(23)13(21,22)11(16,17)12(18,19)20/h1-5H. The summed E-state index contributed by atoms with van der Waals surface area (Å²) in [5, 5.41) is -4.32. The Kier molecular flexibility index (Phi) is 5.78. The molecule has 1 unspecified atom stereocenters. The summed E-state index contributed by atoms with van der Waals surface area (Å²) in [6.07, 6.45) is -6.56. The van der Waals surface area contributed by atoms with E-state index in [0.29, 0.717) is 0 Å². The fourth-order valence-electron chi connectivity index (χ4n) is 1.78. The van der Waals surface area contributed by atoms with Gasteiger partial charge >= 0.3 is 17.4 Å². The van der Waals surface area contributed by atoms with E-state index in [1.54, 1.807) is 5.38 Å². The molecule has 1 atom stereocenters. The summed E-state index contributed by atoms with van der Waals surface area (Å²) >= 11 is 6.97. The molecule has 0 saturated carbocycles. The van der Waals surface area contributed by atoms with Crippen molar-refractivity contribution in [3.63, 3.8) is 0 Å². The summed E-state index contributed by atoms with van der Waals surface area (Å²) in [5.74, 6) is -6.47. The summed E-state index contributed by atoms with van der Waals surface area (Å²) in [4.78, 5) is -0.577. The number of rotatable bonds is 4. The predicted octanol–water partition coefficient (Wildman–Crippen LogP) is 6.84. The Hall–Kier alpha value is -0.460. The van der Waals surface area contributed by atoms with E-state index >= 15 is 0 Å². The Bertz CT molecular complexity index is 803. The van der Waals surface area contributed by atoms with E-state index < -0.39 is 33.0 Å². The van der Waals surface area contributed by atoms with Gasteiger partial charge in [0.15, 0.2) is 0 Å². The molecule has 2 aromatic rings. The molecule has 1 aromatic heterocycles. The Labute approximate surface area is 159 Å². The molecule has 1 aromatic carbocycles. The van der Waals surface area contributed by atoms with Crippen LogP contribution < -0.4 is 0 Å². The molecule has 0 saturated heterocycles. The van der Waals surface area contributed by atoms with Gasteiger partial charge in [0.1, 0.15) is 10.8 Å². The van der Waals surface area contributed by atoms with Gasteiger partial charge in [-0.2, -0.15) is 30.7 Å². The van der Waals surface area contributed by atoms with Crippen LogP contribution in [0.5, 0.6) is 0 Å². The fourth-order valence-corrected chi connectivity index (χ4v) is 5.76. The lowest BCUT2D eigenvalue weighted by Gasteiger charge is -2.28. The molecule has 25 heavy (non-hydrogen) atoms. The van der Waals surface area contributed by atoms with Crippen LogP contribution in [0.25, 0.3) is 10.4 Å². The van der Waals surface area contributed by atoms with Crippen LogP contribution in [0.15, 0.2) is 43.5 Å². The van der Waals surface area contributed by atoms with Crippen LogP contribution in [0.2, 0.25) is 0 Å². The highest BCUT2D eigenvalue weighted by molar-refractivity contribution is 9.11. The highest BCUT2D eigenvalue weighted by Gasteiger charge is 2.76. The minimum absolute atomic E-state index is 0.0779. The Morgan fingerprint density at radius 1 is 1.00 bits per heavy atom. The summed E-state index contributed by atoms with van der Waals surface area (Å²) in [6.45, 7) is 0. The molecule has 0 aliphatic rings. The summed E-state index contributed by atoms with van der Waals surface area (Å²) < 4.78 is 104. The predicted molar refractivity (Wildman–Crippen MR) is 87.5 cm³/mol. The molecule has 12 heteroatoms. The van der Waals surface area contributed by atoms with E-state index in [1.165, 1.54) is 18.2 Å². The third-order valence-corrected chi connectivity index (χ3v) is 6.35. The van der Waals surface area contributed by atoms with Crippen molar-refractivity contribution in [1.29, 1.82) is 0 Å². The fraction of sp³-hybridized carbons (Fsp3) is 0.231. The summed E-state index contributed by atoms with van der Waals surface area (Å²) in [7, 11) is -3.98. The second-order valence-electron chi connectivity index (χ2n) is 4.60. The van der Waals surface area contributed by atoms with Gasteiger partial charge in [-0.15, -0.1) is 11.3 Å². The Morgan fingerprint density at radius 2 is 1.60 bits per heavy atom. The third kappa shape index (κ3) is 3.67. The molecule has 0 aliphatic carbocycles. The second kappa shape index (κ2) is 6.93. The molecule has 0 aliphatic heterocycles. The van der Waals surface area contributed by atoms with Gasteiger partial charge in [-0.1, -0.05) is 37.9 Å². The Balaban J connectivity index is 2.68. The van der Waals surface area contributed by atoms with Crippen LogP contribution in [-0.4, -0.2) is 21.6 Å². The molecule has 0 spiro atoms. The van der Waals surface area contributed by atoms with E-state index in [9.17, 15) is 34.9 Å². The van der Waals surface area contributed by atoms with Crippen LogP contribution in [0.3, 0.4) is 0 Å². The first kappa shape index (κ1) is 20.8. The number of hydrogen-bond donors (Lipinski definition) is 0. The molecule has 1 heterocycles. The maximum Gasteiger partial charge on any atom is 0.461 e.